The number of hydrogen-bond donors (Lipinski definition) is 0. The summed E-state index contributed by atoms with van der Waals surface area (Å²) in [6.07, 6.45) is 5.94. The minimum atomic E-state index is -0.0329. The highest BCUT2D eigenvalue weighted by Crippen LogP contribution is 2.24. The molecule has 1 amide bonds. The second kappa shape index (κ2) is 7.09. The first-order chi connectivity index (χ1) is 13.8. The van der Waals surface area contributed by atoms with E-state index < -0.39 is 0 Å². The molecule has 0 radical (unpaired) electrons. The highest BCUT2D eigenvalue weighted by molar-refractivity contribution is 5.96. The van der Waals surface area contributed by atoms with Crippen LogP contribution in [0.3, 0.4) is 0 Å². The number of aromatic nitrogens is 4. The van der Waals surface area contributed by atoms with E-state index in [1.165, 1.54) is 7.11 Å². The predicted octanol–water partition coefficient (Wildman–Crippen LogP) is 2.34. The van der Waals surface area contributed by atoms with Gasteiger partial charge in [0.15, 0.2) is 0 Å². The van der Waals surface area contributed by atoms with E-state index in [0.717, 1.165) is 30.1 Å². The Morgan fingerprint density at radius 3 is 2.45 bits per heavy atom. The Morgan fingerprint density at radius 2 is 1.79 bits per heavy atom. The summed E-state index contributed by atoms with van der Waals surface area (Å²) >= 11 is 0. The fourth-order valence-electron chi connectivity index (χ4n) is 3.63. The average Bonchev–Trinajstić information content (AvgIpc) is 3.30. The number of imidazole rings is 1. The number of rotatable bonds is 3. The fraction of sp³-hybridized carbons (Fsp3) is 0.476. The lowest BCUT2D eigenvalue weighted by Crippen LogP contribution is -2.48. The van der Waals surface area contributed by atoms with Crippen LogP contribution in [0.25, 0.3) is 5.65 Å². The molecular formula is C21H28N6O2. The van der Waals surface area contributed by atoms with Gasteiger partial charge in [-0.15, -0.1) is 5.10 Å². The number of piperazine rings is 1. The summed E-state index contributed by atoms with van der Waals surface area (Å²) < 4.78 is 8.93. The molecule has 0 unspecified atom stereocenters. The Balaban J connectivity index is 1.47. The maximum Gasteiger partial charge on any atom is 0.261 e. The van der Waals surface area contributed by atoms with Crippen LogP contribution < -0.4 is 9.64 Å². The van der Waals surface area contributed by atoms with Crippen molar-refractivity contribution in [3.8, 4) is 5.88 Å². The molecule has 29 heavy (non-hydrogen) atoms. The molecule has 0 N–H and O–H groups in total. The van der Waals surface area contributed by atoms with Crippen LogP contribution in [0, 0.1) is 0 Å². The Bertz CT molecular complexity index is 1040. The Morgan fingerprint density at radius 1 is 1.07 bits per heavy atom. The molecule has 1 aliphatic rings. The molecule has 8 heteroatoms. The van der Waals surface area contributed by atoms with E-state index >= 15 is 0 Å². The van der Waals surface area contributed by atoms with E-state index in [-0.39, 0.29) is 11.3 Å². The van der Waals surface area contributed by atoms with Gasteiger partial charge in [-0.05, 0) is 12.1 Å². The molecule has 4 heterocycles. The van der Waals surface area contributed by atoms with Gasteiger partial charge in [0.2, 0.25) is 5.88 Å². The first kappa shape index (κ1) is 19.3. The molecule has 1 saturated heterocycles. The largest absolute Gasteiger partial charge is 0.479 e. The molecule has 0 spiro atoms. The molecule has 0 atom stereocenters. The van der Waals surface area contributed by atoms with Gasteiger partial charge in [0.25, 0.3) is 5.91 Å². The second-order valence-corrected chi connectivity index (χ2v) is 8.53. The number of fused-ring (bicyclic) bond motifs is 1. The molecular weight excluding hydrogens is 368 g/mol. The third kappa shape index (κ3) is 3.66. The van der Waals surface area contributed by atoms with Crippen molar-refractivity contribution in [3.63, 3.8) is 0 Å². The number of carbonyl (C=O) groups is 1. The van der Waals surface area contributed by atoms with Crippen molar-refractivity contribution < 1.29 is 9.53 Å². The molecule has 8 nitrogen and oxygen atoms in total. The van der Waals surface area contributed by atoms with E-state index in [0.29, 0.717) is 24.5 Å². The highest BCUT2D eigenvalue weighted by atomic mass is 16.5. The summed E-state index contributed by atoms with van der Waals surface area (Å²) in [5, 5.41) is 4.18. The van der Waals surface area contributed by atoms with Crippen LogP contribution in [0.2, 0.25) is 0 Å². The maximum absolute atomic E-state index is 12.9. The molecule has 154 valence electrons. The molecule has 3 aromatic rings. The van der Waals surface area contributed by atoms with Crippen LogP contribution >= 0.6 is 0 Å². The van der Waals surface area contributed by atoms with Crippen LogP contribution in [0.5, 0.6) is 5.88 Å². The number of pyridine rings is 1. The van der Waals surface area contributed by atoms with E-state index in [1.807, 2.05) is 4.90 Å². The number of nitrogens with zero attached hydrogens (tertiary/aromatic N) is 6. The van der Waals surface area contributed by atoms with E-state index in [4.69, 9.17) is 9.72 Å². The predicted molar refractivity (Wildman–Crippen MR) is 112 cm³/mol. The first-order valence-corrected chi connectivity index (χ1v) is 9.87. The summed E-state index contributed by atoms with van der Waals surface area (Å²) in [7, 11) is 3.32. The minimum absolute atomic E-state index is 0.0194. The summed E-state index contributed by atoms with van der Waals surface area (Å²) in [6, 6.07) is 4.17. The van der Waals surface area contributed by atoms with Crippen molar-refractivity contribution in [1.82, 2.24) is 24.1 Å². The SMILES string of the molecule is COc1nn(C)cc1C(=O)N1CCN(c2ccc3nc(C(C)(C)C)cn3c2)CC1. The standard InChI is InChI=1S/C21H28N6O2/c1-21(2,3)17-14-27-12-15(6-7-18(27)22-17)25-8-10-26(11-9-25)20(28)16-13-24(4)23-19(16)29-5/h6-7,12-14H,8-11H2,1-5H3. The minimum Gasteiger partial charge on any atom is -0.479 e. The fourth-order valence-corrected chi connectivity index (χ4v) is 3.63. The zero-order valence-electron chi connectivity index (χ0n) is 17.7. The molecule has 0 bridgehead atoms. The Hall–Kier alpha value is -3.03. The monoisotopic (exact) mass is 396 g/mol. The number of hydrogen-bond acceptors (Lipinski definition) is 5. The molecule has 4 rings (SSSR count). The lowest BCUT2D eigenvalue weighted by molar-refractivity contribution is 0.0743. The Labute approximate surface area is 170 Å². The summed E-state index contributed by atoms with van der Waals surface area (Å²) in [5.74, 6) is 0.342. The van der Waals surface area contributed by atoms with Crippen molar-refractivity contribution >= 4 is 17.2 Å². The van der Waals surface area contributed by atoms with Gasteiger partial charge in [-0.3, -0.25) is 9.48 Å². The quantitative estimate of drug-likeness (QED) is 0.680. The summed E-state index contributed by atoms with van der Waals surface area (Å²) in [6.45, 7) is 9.38. The van der Waals surface area contributed by atoms with Crippen LogP contribution in [0.15, 0.2) is 30.7 Å². The van der Waals surface area contributed by atoms with Crippen LogP contribution in [0.1, 0.15) is 36.8 Å². The van der Waals surface area contributed by atoms with Crippen molar-refractivity contribution in [3.05, 3.63) is 42.0 Å². The molecule has 0 aromatic carbocycles. The topological polar surface area (TPSA) is 67.9 Å². The average molecular weight is 396 g/mol. The van der Waals surface area contributed by atoms with Gasteiger partial charge in [0.1, 0.15) is 11.2 Å². The number of aryl methyl sites for hydroxylation is 1. The van der Waals surface area contributed by atoms with Gasteiger partial charge in [0, 0.05) is 57.2 Å². The lowest BCUT2D eigenvalue weighted by atomic mass is 9.93. The molecule has 0 aliphatic carbocycles. The van der Waals surface area contributed by atoms with Crippen LogP contribution in [-0.4, -0.2) is 63.3 Å². The number of methoxy groups -OCH3 is 1. The molecule has 1 aliphatic heterocycles. The van der Waals surface area contributed by atoms with Gasteiger partial charge in [-0.1, -0.05) is 20.8 Å². The van der Waals surface area contributed by atoms with Crippen molar-refractivity contribution in [1.29, 1.82) is 0 Å². The normalized spacial score (nSPS) is 15.2. The van der Waals surface area contributed by atoms with E-state index in [9.17, 15) is 4.79 Å². The highest BCUT2D eigenvalue weighted by Gasteiger charge is 2.26. The second-order valence-electron chi connectivity index (χ2n) is 8.53. The van der Waals surface area contributed by atoms with Crippen molar-refractivity contribution in [2.24, 2.45) is 7.05 Å². The van der Waals surface area contributed by atoms with Crippen molar-refractivity contribution in [2.45, 2.75) is 26.2 Å². The smallest absolute Gasteiger partial charge is 0.261 e. The van der Waals surface area contributed by atoms with Gasteiger partial charge in [-0.25, -0.2) is 4.98 Å². The van der Waals surface area contributed by atoms with Gasteiger partial charge in [0.05, 0.1) is 18.5 Å². The molecule has 0 saturated carbocycles. The zero-order chi connectivity index (χ0) is 20.8. The van der Waals surface area contributed by atoms with Crippen LogP contribution in [-0.2, 0) is 12.5 Å². The number of anilines is 1. The molecule has 1 fully saturated rings. The van der Waals surface area contributed by atoms with E-state index in [1.54, 1.807) is 17.9 Å². The third-order valence-corrected chi connectivity index (χ3v) is 5.35. The summed E-state index contributed by atoms with van der Waals surface area (Å²) in [5.41, 5.74) is 3.71. The number of carbonyl (C=O) groups excluding carboxylic acids is 1. The van der Waals surface area contributed by atoms with Gasteiger partial charge >= 0.3 is 0 Å². The maximum atomic E-state index is 12.9. The molecule has 3 aromatic heterocycles. The van der Waals surface area contributed by atoms with Crippen molar-refractivity contribution in [2.75, 3.05) is 38.2 Å². The Kier molecular flexibility index (Phi) is 4.72. The van der Waals surface area contributed by atoms with Gasteiger partial charge < -0.3 is 18.9 Å². The van der Waals surface area contributed by atoms with Crippen LogP contribution in [0.4, 0.5) is 5.69 Å². The number of ether oxygens (including phenoxy) is 1. The third-order valence-electron chi connectivity index (χ3n) is 5.35. The first-order valence-electron chi connectivity index (χ1n) is 9.87. The van der Waals surface area contributed by atoms with E-state index in [2.05, 4.69) is 59.7 Å². The number of amides is 1. The summed E-state index contributed by atoms with van der Waals surface area (Å²) in [4.78, 5) is 21.8. The van der Waals surface area contributed by atoms with Gasteiger partial charge in [-0.2, -0.15) is 0 Å². The lowest BCUT2D eigenvalue weighted by Gasteiger charge is -2.36. The zero-order valence-corrected chi connectivity index (χ0v) is 17.7.